The number of amides is 1. The molecular weight excluding hydrogens is 344 g/mol. The van der Waals surface area contributed by atoms with Gasteiger partial charge in [0.1, 0.15) is 5.60 Å². The summed E-state index contributed by atoms with van der Waals surface area (Å²) in [4.78, 5) is 15.3. The lowest BCUT2D eigenvalue weighted by Crippen LogP contribution is -2.47. The highest BCUT2D eigenvalue weighted by Gasteiger charge is 2.25. The summed E-state index contributed by atoms with van der Waals surface area (Å²) in [5, 5.41) is 4.10. The predicted octanol–water partition coefficient (Wildman–Crippen LogP) is 4.78. The molecule has 0 spiro atoms. The first-order chi connectivity index (χ1) is 10.1. The average molecular weight is 367 g/mol. The first-order valence-corrected chi connectivity index (χ1v) is 8.12. The highest BCUT2D eigenvalue weighted by Crippen LogP contribution is 2.27. The molecular formula is C17H23BrN2O2. The topological polar surface area (TPSA) is 54.1 Å². The Morgan fingerprint density at radius 3 is 2.59 bits per heavy atom. The highest BCUT2D eigenvalue weighted by atomic mass is 79.9. The van der Waals surface area contributed by atoms with Crippen molar-refractivity contribution in [2.75, 3.05) is 0 Å². The van der Waals surface area contributed by atoms with Crippen LogP contribution in [0.1, 0.15) is 40.2 Å². The van der Waals surface area contributed by atoms with Crippen LogP contribution in [-0.4, -0.2) is 22.2 Å². The summed E-state index contributed by atoms with van der Waals surface area (Å²) in [6.07, 6.45) is 2.31. The second kappa shape index (κ2) is 5.95. The number of alkyl carbamates (subject to hydrolysis) is 1. The molecule has 1 heterocycles. The van der Waals surface area contributed by atoms with Gasteiger partial charge in [-0.1, -0.05) is 12.1 Å². The number of carbonyl (C=O) groups is 1. The van der Waals surface area contributed by atoms with Crippen LogP contribution in [0.3, 0.4) is 0 Å². The number of aromatic nitrogens is 1. The van der Waals surface area contributed by atoms with Gasteiger partial charge in [0.25, 0.3) is 0 Å². The standard InChI is InChI=1S/C17H23BrN2O2/c1-16(2,3)22-15(21)20-17(4,5)9-11-10-19-14-12(11)7-6-8-13(14)18/h6-8,10,19H,9H2,1-5H3,(H,20,21). The maximum Gasteiger partial charge on any atom is 0.408 e. The fraction of sp³-hybridized carbons (Fsp3) is 0.471. The Labute approximate surface area is 139 Å². The van der Waals surface area contributed by atoms with Crippen molar-refractivity contribution in [2.24, 2.45) is 0 Å². The molecule has 0 fully saturated rings. The number of benzene rings is 1. The number of rotatable bonds is 3. The van der Waals surface area contributed by atoms with Crippen LogP contribution in [0.25, 0.3) is 10.9 Å². The number of ether oxygens (including phenoxy) is 1. The summed E-state index contributed by atoms with van der Waals surface area (Å²) in [6, 6.07) is 6.10. The summed E-state index contributed by atoms with van der Waals surface area (Å²) in [5.41, 5.74) is 1.34. The molecule has 0 bridgehead atoms. The number of halogens is 1. The Morgan fingerprint density at radius 2 is 1.95 bits per heavy atom. The number of fused-ring (bicyclic) bond motifs is 1. The van der Waals surface area contributed by atoms with E-state index in [1.165, 1.54) is 0 Å². The van der Waals surface area contributed by atoms with Gasteiger partial charge < -0.3 is 15.0 Å². The van der Waals surface area contributed by atoms with Crippen molar-refractivity contribution in [3.63, 3.8) is 0 Å². The quantitative estimate of drug-likeness (QED) is 0.821. The lowest BCUT2D eigenvalue weighted by molar-refractivity contribution is 0.0472. The monoisotopic (exact) mass is 366 g/mol. The molecule has 4 nitrogen and oxygen atoms in total. The number of hydrogen-bond acceptors (Lipinski definition) is 2. The van der Waals surface area contributed by atoms with E-state index in [-0.39, 0.29) is 0 Å². The second-order valence-corrected chi connectivity index (χ2v) is 8.02. The van der Waals surface area contributed by atoms with E-state index < -0.39 is 17.2 Å². The van der Waals surface area contributed by atoms with Crippen molar-refractivity contribution >= 4 is 32.9 Å². The molecule has 0 aliphatic rings. The normalized spacial score (nSPS) is 12.5. The minimum atomic E-state index is -0.494. The maximum absolute atomic E-state index is 12.0. The number of carbonyl (C=O) groups excluding carboxylic acids is 1. The fourth-order valence-corrected chi connectivity index (χ4v) is 2.90. The smallest absolute Gasteiger partial charge is 0.408 e. The number of H-pyrrole nitrogens is 1. The Balaban J connectivity index is 2.14. The molecule has 1 amide bonds. The van der Waals surface area contributed by atoms with Crippen LogP contribution in [0.4, 0.5) is 4.79 Å². The van der Waals surface area contributed by atoms with Crippen LogP contribution >= 0.6 is 15.9 Å². The minimum Gasteiger partial charge on any atom is -0.444 e. The molecule has 120 valence electrons. The fourth-order valence-electron chi connectivity index (χ4n) is 2.42. The number of nitrogens with one attached hydrogen (secondary N) is 2. The van der Waals surface area contributed by atoms with E-state index in [1.54, 1.807) is 0 Å². The van der Waals surface area contributed by atoms with Gasteiger partial charge in [-0.25, -0.2) is 4.79 Å². The first-order valence-electron chi connectivity index (χ1n) is 7.33. The van der Waals surface area contributed by atoms with Crippen LogP contribution < -0.4 is 5.32 Å². The highest BCUT2D eigenvalue weighted by molar-refractivity contribution is 9.10. The van der Waals surface area contributed by atoms with Gasteiger partial charge in [-0.15, -0.1) is 0 Å². The van der Waals surface area contributed by atoms with Crippen molar-refractivity contribution in [3.8, 4) is 0 Å². The predicted molar refractivity (Wildman–Crippen MR) is 93.2 cm³/mol. The first kappa shape index (κ1) is 16.9. The summed E-state index contributed by atoms with van der Waals surface area (Å²) < 4.78 is 6.37. The van der Waals surface area contributed by atoms with Crippen LogP contribution in [0.5, 0.6) is 0 Å². The van der Waals surface area contributed by atoms with Gasteiger partial charge in [-0.05, 0) is 68.6 Å². The van der Waals surface area contributed by atoms with E-state index in [0.717, 1.165) is 20.9 Å². The Hall–Kier alpha value is -1.49. The molecule has 0 atom stereocenters. The van der Waals surface area contributed by atoms with Crippen LogP contribution in [0, 0.1) is 0 Å². The minimum absolute atomic E-state index is 0.390. The van der Waals surface area contributed by atoms with Crippen molar-refractivity contribution < 1.29 is 9.53 Å². The molecule has 0 saturated carbocycles. The summed E-state index contributed by atoms with van der Waals surface area (Å²) in [6.45, 7) is 9.56. The zero-order valence-corrected chi connectivity index (χ0v) is 15.3. The molecule has 22 heavy (non-hydrogen) atoms. The van der Waals surface area contributed by atoms with Crippen LogP contribution in [-0.2, 0) is 11.2 Å². The third-order valence-electron chi connectivity index (χ3n) is 3.22. The van der Waals surface area contributed by atoms with Crippen LogP contribution in [0.2, 0.25) is 0 Å². The maximum atomic E-state index is 12.0. The van der Waals surface area contributed by atoms with Gasteiger partial charge in [-0.3, -0.25) is 0 Å². The molecule has 0 radical (unpaired) electrons. The van der Waals surface area contributed by atoms with Gasteiger partial charge in [0, 0.05) is 21.6 Å². The van der Waals surface area contributed by atoms with Crippen molar-refractivity contribution in [1.29, 1.82) is 0 Å². The molecule has 2 rings (SSSR count). The molecule has 0 saturated heterocycles. The zero-order chi connectivity index (χ0) is 16.5. The van der Waals surface area contributed by atoms with Crippen LogP contribution in [0.15, 0.2) is 28.9 Å². The second-order valence-electron chi connectivity index (χ2n) is 7.16. The van der Waals surface area contributed by atoms with Gasteiger partial charge in [0.05, 0.1) is 5.52 Å². The Morgan fingerprint density at radius 1 is 1.27 bits per heavy atom. The van der Waals surface area contributed by atoms with E-state index in [2.05, 4.69) is 32.3 Å². The molecule has 1 aromatic carbocycles. The molecule has 1 aromatic heterocycles. The van der Waals surface area contributed by atoms with Crippen molar-refractivity contribution in [2.45, 2.75) is 52.2 Å². The summed E-state index contributed by atoms with van der Waals surface area (Å²) in [7, 11) is 0. The van der Waals surface area contributed by atoms with E-state index in [4.69, 9.17) is 4.74 Å². The van der Waals surface area contributed by atoms with E-state index in [1.807, 2.05) is 52.9 Å². The van der Waals surface area contributed by atoms with E-state index in [0.29, 0.717) is 6.42 Å². The van der Waals surface area contributed by atoms with Gasteiger partial charge in [-0.2, -0.15) is 0 Å². The molecule has 0 aliphatic heterocycles. The lowest BCUT2D eigenvalue weighted by Gasteiger charge is -2.28. The average Bonchev–Trinajstić information content (AvgIpc) is 2.69. The molecule has 2 N–H and O–H groups in total. The van der Waals surface area contributed by atoms with Gasteiger partial charge >= 0.3 is 6.09 Å². The largest absolute Gasteiger partial charge is 0.444 e. The Bertz CT molecular complexity index is 684. The third kappa shape index (κ3) is 4.26. The Kier molecular flexibility index (Phi) is 4.57. The SMILES string of the molecule is CC(C)(Cc1c[nH]c2c(Br)cccc12)NC(=O)OC(C)(C)C. The molecule has 0 aliphatic carbocycles. The summed E-state index contributed by atoms with van der Waals surface area (Å²) >= 11 is 3.54. The van der Waals surface area contributed by atoms with E-state index in [9.17, 15) is 4.79 Å². The zero-order valence-electron chi connectivity index (χ0n) is 13.7. The van der Waals surface area contributed by atoms with Crippen molar-refractivity contribution in [1.82, 2.24) is 10.3 Å². The third-order valence-corrected chi connectivity index (χ3v) is 3.88. The van der Waals surface area contributed by atoms with Gasteiger partial charge in [0.2, 0.25) is 0 Å². The van der Waals surface area contributed by atoms with Gasteiger partial charge in [0.15, 0.2) is 0 Å². The van der Waals surface area contributed by atoms with Crippen molar-refractivity contribution in [3.05, 3.63) is 34.4 Å². The number of aromatic amines is 1. The molecule has 0 unspecified atom stereocenters. The number of para-hydroxylation sites is 1. The lowest BCUT2D eigenvalue weighted by atomic mass is 9.95. The number of hydrogen-bond donors (Lipinski definition) is 2. The molecule has 2 aromatic rings. The van der Waals surface area contributed by atoms with E-state index >= 15 is 0 Å². The summed E-state index contributed by atoms with van der Waals surface area (Å²) in [5.74, 6) is 0. The molecule has 5 heteroatoms.